The average Bonchev–Trinajstić information content (AvgIpc) is 2.37. The van der Waals surface area contributed by atoms with E-state index in [0.29, 0.717) is 11.6 Å². The predicted molar refractivity (Wildman–Crippen MR) is 77.7 cm³/mol. The molecule has 0 radical (unpaired) electrons. The first-order chi connectivity index (χ1) is 9.08. The van der Waals surface area contributed by atoms with Crippen LogP contribution in [0.15, 0.2) is 18.2 Å². The molecule has 0 saturated heterocycles. The molecule has 104 valence electrons. The Labute approximate surface area is 118 Å². The molecule has 1 aromatic carbocycles. The van der Waals surface area contributed by atoms with Crippen LogP contribution in [0.3, 0.4) is 0 Å². The molecule has 0 atom stereocenters. The zero-order valence-electron chi connectivity index (χ0n) is 11.1. The summed E-state index contributed by atoms with van der Waals surface area (Å²) in [5, 5.41) is 14.4. The third-order valence-corrected chi connectivity index (χ3v) is 4.19. The molecule has 1 aromatic rings. The third kappa shape index (κ3) is 3.60. The molecule has 4 nitrogen and oxygen atoms in total. The van der Waals surface area contributed by atoms with Crippen molar-refractivity contribution in [3.05, 3.63) is 33.3 Å². The van der Waals surface area contributed by atoms with Gasteiger partial charge in [-0.05, 0) is 36.8 Å². The molecule has 1 fully saturated rings. The molecule has 1 aliphatic rings. The van der Waals surface area contributed by atoms with Crippen LogP contribution in [-0.4, -0.2) is 11.5 Å². The number of rotatable bonds is 4. The largest absolute Gasteiger partial charge is 0.379 e. The molecule has 0 aromatic heterocycles. The Hall–Kier alpha value is -1.29. The lowest BCUT2D eigenvalue weighted by molar-refractivity contribution is -0.383. The van der Waals surface area contributed by atoms with Gasteiger partial charge in [-0.25, -0.2) is 0 Å². The number of hydrogen-bond donors (Lipinski definition) is 1. The minimum absolute atomic E-state index is 0.0201. The SMILES string of the molecule is CC1CCC(CNc2cccc(Cl)c2[N+](=O)[O-])CC1. The lowest BCUT2D eigenvalue weighted by Crippen LogP contribution is -2.20. The molecule has 0 amide bonds. The van der Waals surface area contributed by atoms with Crippen molar-refractivity contribution in [1.82, 2.24) is 0 Å². The number of nitro benzene ring substituents is 1. The van der Waals surface area contributed by atoms with Gasteiger partial charge in [0.05, 0.1) is 4.92 Å². The van der Waals surface area contributed by atoms with Crippen molar-refractivity contribution < 1.29 is 4.92 Å². The number of nitrogens with one attached hydrogen (secondary N) is 1. The van der Waals surface area contributed by atoms with Gasteiger partial charge in [-0.15, -0.1) is 0 Å². The maximum Gasteiger partial charge on any atom is 0.310 e. The van der Waals surface area contributed by atoms with Crippen molar-refractivity contribution in [2.45, 2.75) is 32.6 Å². The van der Waals surface area contributed by atoms with Gasteiger partial charge in [0.1, 0.15) is 10.7 Å². The molecule has 5 heteroatoms. The topological polar surface area (TPSA) is 55.2 Å². The molecule has 0 unspecified atom stereocenters. The molecule has 0 spiro atoms. The molecular weight excluding hydrogens is 264 g/mol. The summed E-state index contributed by atoms with van der Waals surface area (Å²) < 4.78 is 0. The Balaban J connectivity index is 2.00. The Kier molecular flexibility index (Phi) is 4.64. The highest BCUT2D eigenvalue weighted by Crippen LogP contribution is 2.33. The van der Waals surface area contributed by atoms with E-state index in [0.717, 1.165) is 12.5 Å². The molecule has 1 aliphatic carbocycles. The zero-order valence-corrected chi connectivity index (χ0v) is 11.8. The maximum absolute atomic E-state index is 11.0. The summed E-state index contributed by atoms with van der Waals surface area (Å²) >= 11 is 5.88. The van der Waals surface area contributed by atoms with E-state index in [-0.39, 0.29) is 10.7 Å². The van der Waals surface area contributed by atoms with E-state index < -0.39 is 4.92 Å². The van der Waals surface area contributed by atoms with E-state index in [4.69, 9.17) is 11.6 Å². The summed E-state index contributed by atoms with van der Waals surface area (Å²) in [4.78, 5) is 10.6. The van der Waals surface area contributed by atoms with Crippen LogP contribution in [0.5, 0.6) is 0 Å². The van der Waals surface area contributed by atoms with Crippen LogP contribution in [-0.2, 0) is 0 Å². The molecule has 2 rings (SSSR count). The number of nitro groups is 1. The van der Waals surface area contributed by atoms with Gasteiger partial charge in [0.2, 0.25) is 0 Å². The van der Waals surface area contributed by atoms with Crippen LogP contribution in [0.1, 0.15) is 32.6 Å². The van der Waals surface area contributed by atoms with E-state index >= 15 is 0 Å². The summed E-state index contributed by atoms with van der Waals surface area (Å²) in [6.07, 6.45) is 4.90. The summed E-state index contributed by atoms with van der Waals surface area (Å²) in [5.41, 5.74) is 0.504. The van der Waals surface area contributed by atoms with Crippen molar-refractivity contribution in [3.63, 3.8) is 0 Å². The van der Waals surface area contributed by atoms with Gasteiger partial charge >= 0.3 is 5.69 Å². The molecule has 0 aliphatic heterocycles. The highest BCUT2D eigenvalue weighted by Gasteiger charge is 2.21. The van der Waals surface area contributed by atoms with Crippen molar-refractivity contribution in [1.29, 1.82) is 0 Å². The second-order valence-corrected chi connectivity index (χ2v) is 5.81. The van der Waals surface area contributed by atoms with Crippen LogP contribution < -0.4 is 5.32 Å². The molecule has 0 heterocycles. The first-order valence-electron chi connectivity index (χ1n) is 6.74. The Morgan fingerprint density at radius 3 is 2.68 bits per heavy atom. The van der Waals surface area contributed by atoms with Crippen molar-refractivity contribution in [2.24, 2.45) is 11.8 Å². The van der Waals surface area contributed by atoms with E-state index in [1.54, 1.807) is 18.2 Å². The average molecular weight is 283 g/mol. The summed E-state index contributed by atoms with van der Waals surface area (Å²) in [6.45, 7) is 3.07. The van der Waals surface area contributed by atoms with Crippen molar-refractivity contribution in [2.75, 3.05) is 11.9 Å². The van der Waals surface area contributed by atoms with Gasteiger partial charge < -0.3 is 5.32 Å². The van der Waals surface area contributed by atoms with Gasteiger partial charge in [-0.2, -0.15) is 0 Å². The number of nitrogens with zero attached hydrogens (tertiary/aromatic N) is 1. The zero-order chi connectivity index (χ0) is 13.8. The predicted octanol–water partition coefficient (Wildman–Crippen LogP) is 4.49. The Bertz CT molecular complexity index is 457. The minimum Gasteiger partial charge on any atom is -0.379 e. The molecule has 1 N–H and O–H groups in total. The molecule has 0 bridgehead atoms. The third-order valence-electron chi connectivity index (χ3n) is 3.89. The smallest absolute Gasteiger partial charge is 0.310 e. The van der Waals surface area contributed by atoms with Crippen molar-refractivity contribution in [3.8, 4) is 0 Å². The van der Waals surface area contributed by atoms with E-state index in [1.165, 1.54) is 25.7 Å². The summed E-state index contributed by atoms with van der Waals surface area (Å²) in [7, 11) is 0. The van der Waals surface area contributed by atoms with Crippen LogP contribution in [0.4, 0.5) is 11.4 Å². The second kappa shape index (κ2) is 6.24. The van der Waals surface area contributed by atoms with Crippen LogP contribution in [0.2, 0.25) is 5.02 Å². The van der Waals surface area contributed by atoms with Gasteiger partial charge in [0, 0.05) is 6.54 Å². The number of halogens is 1. The lowest BCUT2D eigenvalue weighted by Gasteiger charge is -2.26. The fraction of sp³-hybridized carbons (Fsp3) is 0.571. The fourth-order valence-electron chi connectivity index (χ4n) is 2.63. The van der Waals surface area contributed by atoms with Crippen LogP contribution >= 0.6 is 11.6 Å². The lowest BCUT2D eigenvalue weighted by atomic mass is 9.83. The first kappa shape index (κ1) is 14.1. The molecule has 1 saturated carbocycles. The maximum atomic E-state index is 11.0. The van der Waals surface area contributed by atoms with Crippen molar-refractivity contribution >= 4 is 23.0 Å². The molecule has 19 heavy (non-hydrogen) atoms. The summed E-state index contributed by atoms with van der Waals surface area (Å²) in [6, 6.07) is 5.00. The minimum atomic E-state index is -0.423. The van der Waals surface area contributed by atoms with Gasteiger partial charge in [0.25, 0.3) is 0 Å². The van der Waals surface area contributed by atoms with Crippen LogP contribution in [0, 0.1) is 22.0 Å². The van der Waals surface area contributed by atoms with E-state index in [2.05, 4.69) is 12.2 Å². The van der Waals surface area contributed by atoms with Gasteiger partial charge in [0.15, 0.2) is 0 Å². The van der Waals surface area contributed by atoms with E-state index in [1.807, 2.05) is 0 Å². The number of benzene rings is 1. The number of hydrogen-bond acceptors (Lipinski definition) is 3. The standard InChI is InChI=1S/C14H19ClN2O2/c1-10-5-7-11(8-6-10)9-16-13-4-2-3-12(15)14(13)17(18)19/h2-4,10-11,16H,5-9H2,1H3. The number of para-hydroxylation sites is 1. The molecular formula is C14H19ClN2O2. The Morgan fingerprint density at radius 1 is 1.37 bits per heavy atom. The normalized spacial score (nSPS) is 23.1. The van der Waals surface area contributed by atoms with E-state index in [9.17, 15) is 10.1 Å². The quantitative estimate of drug-likeness (QED) is 0.654. The fourth-order valence-corrected chi connectivity index (χ4v) is 2.87. The highest BCUT2D eigenvalue weighted by molar-refractivity contribution is 6.33. The Morgan fingerprint density at radius 2 is 2.05 bits per heavy atom. The second-order valence-electron chi connectivity index (χ2n) is 5.40. The van der Waals surface area contributed by atoms with Gasteiger partial charge in [-0.3, -0.25) is 10.1 Å². The first-order valence-corrected chi connectivity index (χ1v) is 7.12. The van der Waals surface area contributed by atoms with Gasteiger partial charge in [-0.1, -0.05) is 37.4 Å². The number of anilines is 1. The monoisotopic (exact) mass is 282 g/mol. The highest BCUT2D eigenvalue weighted by atomic mass is 35.5. The summed E-state index contributed by atoms with van der Waals surface area (Å²) in [5.74, 6) is 1.42. The van der Waals surface area contributed by atoms with Crippen LogP contribution in [0.25, 0.3) is 0 Å².